The SMILES string of the molecule is O=C(O)CCCCCCCCCOc1ccc(O)cc1. The fourth-order valence-corrected chi connectivity index (χ4v) is 1.99. The van der Waals surface area contributed by atoms with Crippen LogP contribution in [0.3, 0.4) is 0 Å². The predicted octanol–water partition coefficient (Wildman–Crippen LogP) is 3.98. The molecular formula is C16H24O4. The molecule has 2 N–H and O–H groups in total. The summed E-state index contributed by atoms with van der Waals surface area (Å²) in [5.41, 5.74) is 0. The Hall–Kier alpha value is -1.71. The van der Waals surface area contributed by atoms with Crippen LogP contribution < -0.4 is 4.74 Å². The lowest BCUT2D eigenvalue weighted by atomic mass is 10.1. The first kappa shape index (κ1) is 16.3. The maximum absolute atomic E-state index is 10.3. The number of hydrogen-bond donors (Lipinski definition) is 2. The number of benzene rings is 1. The molecule has 0 spiro atoms. The van der Waals surface area contributed by atoms with E-state index < -0.39 is 5.97 Å². The van der Waals surface area contributed by atoms with Gasteiger partial charge in [-0.05, 0) is 37.1 Å². The number of phenolic OH excluding ortho intramolecular Hbond substituents is 1. The molecule has 0 aliphatic carbocycles. The van der Waals surface area contributed by atoms with E-state index in [0.29, 0.717) is 13.0 Å². The van der Waals surface area contributed by atoms with Crippen LogP contribution >= 0.6 is 0 Å². The van der Waals surface area contributed by atoms with Gasteiger partial charge in [0.25, 0.3) is 0 Å². The Morgan fingerprint density at radius 1 is 0.900 bits per heavy atom. The first-order valence-corrected chi connectivity index (χ1v) is 7.32. The van der Waals surface area contributed by atoms with Crippen LogP contribution in [0.5, 0.6) is 11.5 Å². The first-order chi connectivity index (χ1) is 9.68. The minimum absolute atomic E-state index is 0.250. The summed E-state index contributed by atoms with van der Waals surface area (Å²) in [6, 6.07) is 6.76. The molecule has 0 atom stereocenters. The van der Waals surface area contributed by atoms with E-state index in [1.165, 1.54) is 12.8 Å². The van der Waals surface area contributed by atoms with Crippen LogP contribution in [0.4, 0.5) is 0 Å². The zero-order chi connectivity index (χ0) is 14.6. The molecule has 0 heterocycles. The molecule has 0 aromatic heterocycles. The fourth-order valence-electron chi connectivity index (χ4n) is 1.99. The number of phenols is 1. The fraction of sp³-hybridized carbons (Fsp3) is 0.562. The van der Waals surface area contributed by atoms with E-state index in [4.69, 9.17) is 14.9 Å². The maximum Gasteiger partial charge on any atom is 0.303 e. The molecule has 0 fully saturated rings. The van der Waals surface area contributed by atoms with Gasteiger partial charge in [-0.2, -0.15) is 0 Å². The highest BCUT2D eigenvalue weighted by Crippen LogP contribution is 2.16. The molecule has 0 aliphatic rings. The van der Waals surface area contributed by atoms with Crippen LogP contribution in [0.2, 0.25) is 0 Å². The Labute approximate surface area is 120 Å². The monoisotopic (exact) mass is 280 g/mol. The maximum atomic E-state index is 10.3. The van der Waals surface area contributed by atoms with E-state index in [1.807, 2.05) is 0 Å². The number of carboxylic acid groups (broad SMARTS) is 1. The molecular weight excluding hydrogens is 256 g/mol. The van der Waals surface area contributed by atoms with Crippen LogP contribution in [0.15, 0.2) is 24.3 Å². The van der Waals surface area contributed by atoms with E-state index in [0.717, 1.165) is 37.9 Å². The van der Waals surface area contributed by atoms with Gasteiger partial charge < -0.3 is 14.9 Å². The van der Waals surface area contributed by atoms with E-state index in [2.05, 4.69) is 0 Å². The summed E-state index contributed by atoms with van der Waals surface area (Å²) >= 11 is 0. The van der Waals surface area contributed by atoms with Crippen LogP contribution in [-0.2, 0) is 4.79 Å². The number of carboxylic acids is 1. The van der Waals surface area contributed by atoms with Gasteiger partial charge in [0.2, 0.25) is 0 Å². The Balaban J connectivity index is 1.87. The van der Waals surface area contributed by atoms with Crippen molar-refractivity contribution in [3.05, 3.63) is 24.3 Å². The topological polar surface area (TPSA) is 66.8 Å². The van der Waals surface area contributed by atoms with Gasteiger partial charge in [0.15, 0.2) is 0 Å². The second-order valence-electron chi connectivity index (χ2n) is 4.96. The molecule has 112 valence electrons. The third-order valence-electron chi connectivity index (χ3n) is 3.14. The first-order valence-electron chi connectivity index (χ1n) is 7.32. The van der Waals surface area contributed by atoms with Crippen molar-refractivity contribution in [2.24, 2.45) is 0 Å². The van der Waals surface area contributed by atoms with Gasteiger partial charge >= 0.3 is 5.97 Å². The van der Waals surface area contributed by atoms with Crippen molar-refractivity contribution in [1.29, 1.82) is 0 Å². The molecule has 20 heavy (non-hydrogen) atoms. The van der Waals surface area contributed by atoms with Crippen LogP contribution in [-0.4, -0.2) is 22.8 Å². The van der Waals surface area contributed by atoms with Crippen LogP contribution in [0.1, 0.15) is 51.4 Å². The quantitative estimate of drug-likeness (QED) is 0.602. The second-order valence-corrected chi connectivity index (χ2v) is 4.96. The normalized spacial score (nSPS) is 10.4. The van der Waals surface area contributed by atoms with E-state index in [9.17, 15) is 4.79 Å². The Morgan fingerprint density at radius 3 is 2.05 bits per heavy atom. The summed E-state index contributed by atoms with van der Waals surface area (Å²) < 4.78 is 5.56. The molecule has 0 aliphatic heterocycles. The number of hydrogen-bond acceptors (Lipinski definition) is 3. The lowest BCUT2D eigenvalue weighted by molar-refractivity contribution is -0.137. The smallest absolute Gasteiger partial charge is 0.303 e. The zero-order valence-electron chi connectivity index (χ0n) is 11.9. The lowest BCUT2D eigenvalue weighted by Gasteiger charge is -2.06. The predicted molar refractivity (Wildman–Crippen MR) is 78.2 cm³/mol. The zero-order valence-corrected chi connectivity index (χ0v) is 11.9. The molecule has 0 saturated carbocycles. The molecule has 4 nitrogen and oxygen atoms in total. The lowest BCUT2D eigenvalue weighted by Crippen LogP contribution is -1.97. The van der Waals surface area contributed by atoms with Crippen molar-refractivity contribution < 1.29 is 19.7 Å². The minimum atomic E-state index is -0.698. The standard InChI is InChI=1S/C16H24O4/c17-14-9-11-15(12-10-14)20-13-7-5-3-1-2-4-6-8-16(18)19/h9-12,17H,1-8,13H2,(H,18,19). The molecule has 0 saturated heterocycles. The average molecular weight is 280 g/mol. The van der Waals surface area contributed by atoms with Crippen LogP contribution in [0, 0.1) is 0 Å². The minimum Gasteiger partial charge on any atom is -0.508 e. The summed E-state index contributed by atoms with van der Waals surface area (Å²) in [4.78, 5) is 10.3. The molecule has 1 aromatic rings. The van der Waals surface area contributed by atoms with Crippen molar-refractivity contribution in [2.45, 2.75) is 51.4 Å². The van der Waals surface area contributed by atoms with Gasteiger partial charge in [-0.1, -0.05) is 32.1 Å². The van der Waals surface area contributed by atoms with Crippen LogP contribution in [0.25, 0.3) is 0 Å². The van der Waals surface area contributed by atoms with E-state index >= 15 is 0 Å². The van der Waals surface area contributed by atoms with Gasteiger partial charge in [-0.25, -0.2) is 0 Å². The molecule has 0 unspecified atom stereocenters. The number of aliphatic carboxylic acids is 1. The van der Waals surface area contributed by atoms with Crippen molar-refractivity contribution in [3.8, 4) is 11.5 Å². The molecule has 0 bridgehead atoms. The molecule has 1 rings (SSSR count). The van der Waals surface area contributed by atoms with Gasteiger partial charge in [-0.15, -0.1) is 0 Å². The van der Waals surface area contributed by atoms with Gasteiger partial charge in [0.1, 0.15) is 11.5 Å². The Bertz CT molecular complexity index is 373. The highest BCUT2D eigenvalue weighted by atomic mass is 16.5. The molecule has 0 amide bonds. The average Bonchev–Trinajstić information content (AvgIpc) is 2.42. The number of unbranched alkanes of at least 4 members (excludes halogenated alkanes) is 6. The summed E-state index contributed by atoms with van der Waals surface area (Å²) in [5, 5.41) is 17.6. The number of rotatable bonds is 11. The molecule has 0 radical (unpaired) electrons. The summed E-state index contributed by atoms with van der Waals surface area (Å²) in [6.07, 6.45) is 7.71. The largest absolute Gasteiger partial charge is 0.508 e. The highest BCUT2D eigenvalue weighted by Gasteiger charge is 1.97. The third-order valence-corrected chi connectivity index (χ3v) is 3.14. The van der Waals surface area contributed by atoms with Crippen molar-refractivity contribution >= 4 is 5.97 Å². The van der Waals surface area contributed by atoms with E-state index in [1.54, 1.807) is 24.3 Å². The van der Waals surface area contributed by atoms with Crippen molar-refractivity contribution in [2.75, 3.05) is 6.61 Å². The van der Waals surface area contributed by atoms with Crippen molar-refractivity contribution in [1.82, 2.24) is 0 Å². The summed E-state index contributed by atoms with van der Waals surface area (Å²) in [6.45, 7) is 0.698. The molecule has 1 aromatic carbocycles. The second kappa shape index (κ2) is 10.1. The van der Waals surface area contributed by atoms with E-state index in [-0.39, 0.29) is 5.75 Å². The van der Waals surface area contributed by atoms with Gasteiger partial charge in [-0.3, -0.25) is 4.79 Å². The van der Waals surface area contributed by atoms with Gasteiger partial charge in [0, 0.05) is 6.42 Å². The Kier molecular flexibility index (Phi) is 8.27. The number of aromatic hydroxyl groups is 1. The summed E-state index contributed by atoms with van der Waals surface area (Å²) in [7, 11) is 0. The van der Waals surface area contributed by atoms with Gasteiger partial charge in [0.05, 0.1) is 6.61 Å². The highest BCUT2D eigenvalue weighted by molar-refractivity contribution is 5.66. The summed E-state index contributed by atoms with van der Waals surface area (Å²) in [5.74, 6) is 0.341. The number of carbonyl (C=O) groups is 1. The molecule has 4 heteroatoms. The van der Waals surface area contributed by atoms with Crippen molar-refractivity contribution in [3.63, 3.8) is 0 Å². The Morgan fingerprint density at radius 2 is 1.45 bits per heavy atom. The third kappa shape index (κ3) is 8.40. The number of ether oxygens (including phenoxy) is 1.